The van der Waals surface area contributed by atoms with Crippen molar-refractivity contribution in [1.82, 2.24) is 5.32 Å². The first kappa shape index (κ1) is 18.8. The lowest BCUT2D eigenvalue weighted by Gasteiger charge is -2.34. The second-order valence-electron chi connectivity index (χ2n) is 6.50. The molecule has 0 aliphatic heterocycles. The van der Waals surface area contributed by atoms with Crippen LogP contribution in [0.5, 0.6) is 5.75 Å². The SMILES string of the molecule is C[C@H]1[C@H](C)CCC[C@H]1NC(=O)COC(=O)COc1ccccc1C#N. The number of nitrogens with one attached hydrogen (secondary N) is 1. The number of carbonyl (C=O) groups excluding carboxylic acids is 2. The van der Waals surface area contributed by atoms with Gasteiger partial charge >= 0.3 is 5.97 Å². The molecule has 2 rings (SSSR count). The van der Waals surface area contributed by atoms with Crippen molar-refractivity contribution in [3.8, 4) is 11.8 Å². The summed E-state index contributed by atoms with van der Waals surface area (Å²) in [5.74, 6) is 0.371. The Balaban J connectivity index is 1.72. The molecule has 1 aromatic carbocycles. The molecule has 0 heterocycles. The van der Waals surface area contributed by atoms with E-state index < -0.39 is 5.97 Å². The summed E-state index contributed by atoms with van der Waals surface area (Å²) in [6.45, 7) is 3.67. The third kappa shape index (κ3) is 5.49. The number of ether oxygens (including phenoxy) is 2. The van der Waals surface area contributed by atoms with E-state index in [9.17, 15) is 9.59 Å². The largest absolute Gasteiger partial charge is 0.481 e. The molecule has 0 bridgehead atoms. The zero-order valence-electron chi connectivity index (χ0n) is 14.7. The van der Waals surface area contributed by atoms with E-state index in [0.717, 1.165) is 12.8 Å². The highest BCUT2D eigenvalue weighted by molar-refractivity contribution is 5.81. The molecular formula is C19H24N2O4. The van der Waals surface area contributed by atoms with Crippen molar-refractivity contribution in [3.05, 3.63) is 29.8 Å². The van der Waals surface area contributed by atoms with Gasteiger partial charge in [-0.05, 0) is 30.4 Å². The maximum atomic E-state index is 12.0. The molecule has 0 spiro atoms. The summed E-state index contributed by atoms with van der Waals surface area (Å²) in [5, 5.41) is 11.9. The minimum atomic E-state index is -0.645. The van der Waals surface area contributed by atoms with Crippen LogP contribution in [0.4, 0.5) is 0 Å². The third-order valence-electron chi connectivity index (χ3n) is 4.77. The number of nitriles is 1. The molecule has 134 valence electrons. The highest BCUT2D eigenvalue weighted by Crippen LogP contribution is 2.29. The van der Waals surface area contributed by atoms with Gasteiger partial charge < -0.3 is 14.8 Å². The fraction of sp³-hybridized carbons (Fsp3) is 0.526. The van der Waals surface area contributed by atoms with Gasteiger partial charge in [0, 0.05) is 6.04 Å². The first-order valence-electron chi connectivity index (χ1n) is 8.58. The maximum absolute atomic E-state index is 12.0. The minimum absolute atomic E-state index is 0.133. The molecular weight excluding hydrogens is 320 g/mol. The predicted molar refractivity (Wildman–Crippen MR) is 91.7 cm³/mol. The van der Waals surface area contributed by atoms with Crippen molar-refractivity contribution < 1.29 is 19.1 Å². The van der Waals surface area contributed by atoms with Gasteiger partial charge in [-0.3, -0.25) is 4.79 Å². The van der Waals surface area contributed by atoms with E-state index in [4.69, 9.17) is 14.7 Å². The van der Waals surface area contributed by atoms with Crippen LogP contribution in [-0.4, -0.2) is 31.1 Å². The first-order valence-corrected chi connectivity index (χ1v) is 8.58. The van der Waals surface area contributed by atoms with Gasteiger partial charge in [-0.25, -0.2) is 4.79 Å². The number of benzene rings is 1. The number of hydrogen-bond acceptors (Lipinski definition) is 5. The van der Waals surface area contributed by atoms with Crippen LogP contribution >= 0.6 is 0 Å². The molecule has 0 saturated heterocycles. The fourth-order valence-corrected chi connectivity index (χ4v) is 3.04. The number of carbonyl (C=O) groups is 2. The van der Waals surface area contributed by atoms with E-state index in [1.807, 2.05) is 6.07 Å². The molecule has 0 unspecified atom stereocenters. The van der Waals surface area contributed by atoms with Gasteiger partial charge in [-0.1, -0.05) is 38.8 Å². The van der Waals surface area contributed by atoms with E-state index in [0.29, 0.717) is 23.1 Å². The maximum Gasteiger partial charge on any atom is 0.344 e. The summed E-state index contributed by atoms with van der Waals surface area (Å²) in [4.78, 5) is 23.7. The molecule has 1 aromatic rings. The standard InChI is InChI=1S/C19H24N2O4/c1-13-6-5-8-16(14(13)2)21-18(22)11-25-19(23)12-24-17-9-4-3-7-15(17)10-20/h3-4,7,9,13-14,16H,5-6,8,11-12H2,1-2H3,(H,21,22)/t13-,14+,16-/m1/s1. The number of para-hydroxylation sites is 1. The molecule has 6 nitrogen and oxygen atoms in total. The molecule has 25 heavy (non-hydrogen) atoms. The van der Waals surface area contributed by atoms with Crippen LogP contribution in [0.15, 0.2) is 24.3 Å². The van der Waals surface area contributed by atoms with Crippen molar-refractivity contribution in [2.24, 2.45) is 11.8 Å². The van der Waals surface area contributed by atoms with Crippen LogP contribution in [-0.2, 0) is 14.3 Å². The van der Waals surface area contributed by atoms with Gasteiger partial charge in [0.25, 0.3) is 5.91 Å². The highest BCUT2D eigenvalue weighted by atomic mass is 16.6. The Morgan fingerprint density at radius 3 is 2.76 bits per heavy atom. The molecule has 1 N–H and O–H groups in total. The van der Waals surface area contributed by atoms with Gasteiger partial charge in [0.15, 0.2) is 13.2 Å². The molecule has 1 saturated carbocycles. The molecule has 3 atom stereocenters. The van der Waals surface area contributed by atoms with Crippen LogP contribution in [0.1, 0.15) is 38.7 Å². The molecule has 0 aromatic heterocycles. The molecule has 1 aliphatic carbocycles. The third-order valence-corrected chi connectivity index (χ3v) is 4.77. The Bertz CT molecular complexity index is 653. The fourth-order valence-electron chi connectivity index (χ4n) is 3.04. The second kappa shape index (κ2) is 9.07. The number of nitrogens with zero attached hydrogens (tertiary/aromatic N) is 1. The average molecular weight is 344 g/mol. The van der Waals surface area contributed by atoms with Crippen molar-refractivity contribution in [2.45, 2.75) is 39.2 Å². The molecule has 0 radical (unpaired) electrons. The smallest absolute Gasteiger partial charge is 0.344 e. The lowest BCUT2D eigenvalue weighted by molar-refractivity contribution is -0.150. The number of rotatable bonds is 6. The Kier molecular flexibility index (Phi) is 6.81. The predicted octanol–water partition coefficient (Wildman–Crippen LogP) is 2.42. The lowest BCUT2D eigenvalue weighted by Crippen LogP contribution is -2.45. The Morgan fingerprint density at radius 1 is 1.24 bits per heavy atom. The lowest BCUT2D eigenvalue weighted by atomic mass is 9.78. The minimum Gasteiger partial charge on any atom is -0.481 e. The summed E-state index contributed by atoms with van der Waals surface area (Å²) in [6.07, 6.45) is 3.24. The normalized spacial score (nSPS) is 22.5. The van der Waals surface area contributed by atoms with Crippen molar-refractivity contribution in [1.29, 1.82) is 5.26 Å². The summed E-state index contributed by atoms with van der Waals surface area (Å²) in [7, 11) is 0. The summed E-state index contributed by atoms with van der Waals surface area (Å²) >= 11 is 0. The Morgan fingerprint density at radius 2 is 2.00 bits per heavy atom. The topological polar surface area (TPSA) is 88.4 Å². The number of hydrogen-bond donors (Lipinski definition) is 1. The van der Waals surface area contributed by atoms with Gasteiger partial charge in [-0.15, -0.1) is 0 Å². The van der Waals surface area contributed by atoms with Gasteiger partial charge in [0.1, 0.15) is 11.8 Å². The Labute approximate surface area is 148 Å². The van der Waals surface area contributed by atoms with Crippen molar-refractivity contribution >= 4 is 11.9 Å². The van der Waals surface area contributed by atoms with E-state index >= 15 is 0 Å². The summed E-state index contributed by atoms with van der Waals surface area (Å²) in [5.41, 5.74) is 0.341. The zero-order chi connectivity index (χ0) is 18.2. The van der Waals surface area contributed by atoms with Crippen LogP contribution < -0.4 is 10.1 Å². The van der Waals surface area contributed by atoms with Crippen LogP contribution in [0, 0.1) is 23.2 Å². The zero-order valence-corrected chi connectivity index (χ0v) is 14.7. The van der Waals surface area contributed by atoms with Gasteiger partial charge in [0.2, 0.25) is 0 Å². The van der Waals surface area contributed by atoms with Gasteiger partial charge in [0.05, 0.1) is 5.56 Å². The molecule has 6 heteroatoms. The quantitative estimate of drug-likeness (QED) is 0.801. The molecule has 1 amide bonds. The summed E-state index contributed by atoms with van der Waals surface area (Å²) < 4.78 is 10.2. The highest BCUT2D eigenvalue weighted by Gasteiger charge is 2.28. The van der Waals surface area contributed by atoms with Crippen LogP contribution in [0.3, 0.4) is 0 Å². The van der Waals surface area contributed by atoms with E-state index in [2.05, 4.69) is 19.2 Å². The van der Waals surface area contributed by atoms with E-state index in [-0.39, 0.29) is 25.2 Å². The molecule has 1 fully saturated rings. The van der Waals surface area contributed by atoms with Gasteiger partial charge in [-0.2, -0.15) is 5.26 Å². The number of esters is 1. The van der Waals surface area contributed by atoms with Crippen LogP contribution in [0.25, 0.3) is 0 Å². The van der Waals surface area contributed by atoms with E-state index in [1.54, 1.807) is 24.3 Å². The van der Waals surface area contributed by atoms with Crippen LogP contribution in [0.2, 0.25) is 0 Å². The monoisotopic (exact) mass is 344 g/mol. The van der Waals surface area contributed by atoms with Crippen molar-refractivity contribution in [3.63, 3.8) is 0 Å². The van der Waals surface area contributed by atoms with Crippen molar-refractivity contribution in [2.75, 3.05) is 13.2 Å². The average Bonchev–Trinajstić information content (AvgIpc) is 2.62. The first-order chi connectivity index (χ1) is 12.0. The molecule has 1 aliphatic rings. The Hall–Kier alpha value is -2.55. The summed E-state index contributed by atoms with van der Waals surface area (Å²) in [6, 6.07) is 8.73. The second-order valence-corrected chi connectivity index (χ2v) is 6.50. The number of amides is 1. The van der Waals surface area contributed by atoms with E-state index in [1.165, 1.54) is 6.42 Å².